The molecule has 0 radical (unpaired) electrons. The molecular formula is C16H22N4O. The number of fused-ring (bicyclic) bond motifs is 1. The number of anilines is 1. The first-order valence-corrected chi connectivity index (χ1v) is 7.61. The number of hydrogen-bond donors (Lipinski definition) is 0. The summed E-state index contributed by atoms with van der Waals surface area (Å²) in [6, 6.07) is 7.97. The highest BCUT2D eigenvalue weighted by Gasteiger charge is 2.21. The average molecular weight is 286 g/mol. The summed E-state index contributed by atoms with van der Waals surface area (Å²) in [4.78, 5) is 14.1. The fourth-order valence-corrected chi connectivity index (χ4v) is 2.49. The standard InChI is InChI=1S/C16H22N4O/c1-3-12-21-16-15(20-10-8-19(2)9-11-20)17-13-6-4-5-7-14(13)18-16/h4-7H,3,8-12H2,1-2H3. The lowest BCUT2D eigenvalue weighted by molar-refractivity contribution is 0.294. The number of hydrogen-bond acceptors (Lipinski definition) is 5. The summed E-state index contributed by atoms with van der Waals surface area (Å²) in [6.07, 6.45) is 0.969. The molecule has 0 unspecified atom stereocenters. The third kappa shape index (κ3) is 3.08. The van der Waals surface area contributed by atoms with E-state index in [9.17, 15) is 0 Å². The number of aromatic nitrogens is 2. The molecule has 3 rings (SSSR count). The molecule has 1 aromatic heterocycles. The second kappa shape index (κ2) is 6.26. The van der Waals surface area contributed by atoms with Crippen molar-refractivity contribution in [3.8, 4) is 5.88 Å². The van der Waals surface area contributed by atoms with Crippen molar-refractivity contribution in [2.45, 2.75) is 13.3 Å². The fourth-order valence-electron chi connectivity index (χ4n) is 2.49. The molecule has 1 aromatic carbocycles. The van der Waals surface area contributed by atoms with E-state index in [-0.39, 0.29) is 0 Å². The molecule has 0 N–H and O–H groups in total. The number of piperazine rings is 1. The van der Waals surface area contributed by atoms with Crippen LogP contribution in [0.1, 0.15) is 13.3 Å². The van der Waals surface area contributed by atoms with Crippen molar-refractivity contribution in [3.05, 3.63) is 24.3 Å². The molecule has 0 aliphatic carbocycles. The van der Waals surface area contributed by atoms with Crippen LogP contribution >= 0.6 is 0 Å². The molecule has 0 saturated carbocycles. The lowest BCUT2D eigenvalue weighted by Crippen LogP contribution is -2.45. The first-order valence-electron chi connectivity index (χ1n) is 7.61. The molecule has 0 amide bonds. The van der Waals surface area contributed by atoms with Crippen molar-refractivity contribution in [1.29, 1.82) is 0 Å². The normalized spacial score (nSPS) is 16.4. The number of nitrogens with zero attached hydrogens (tertiary/aromatic N) is 4. The van der Waals surface area contributed by atoms with Gasteiger partial charge >= 0.3 is 0 Å². The molecule has 0 atom stereocenters. The van der Waals surface area contributed by atoms with Crippen LogP contribution in [0.2, 0.25) is 0 Å². The van der Waals surface area contributed by atoms with Crippen LogP contribution in [-0.2, 0) is 0 Å². The molecule has 1 saturated heterocycles. The average Bonchev–Trinajstić information content (AvgIpc) is 2.53. The van der Waals surface area contributed by atoms with Gasteiger partial charge in [0.1, 0.15) is 0 Å². The predicted molar refractivity (Wildman–Crippen MR) is 85.0 cm³/mol. The topological polar surface area (TPSA) is 41.5 Å². The van der Waals surface area contributed by atoms with Gasteiger partial charge in [-0.05, 0) is 25.6 Å². The summed E-state index contributed by atoms with van der Waals surface area (Å²) in [5.41, 5.74) is 1.82. The minimum atomic E-state index is 0.667. The molecule has 2 aromatic rings. The number of benzene rings is 1. The van der Waals surface area contributed by atoms with Crippen LogP contribution < -0.4 is 9.64 Å². The van der Waals surface area contributed by atoms with Gasteiger partial charge in [-0.15, -0.1) is 0 Å². The molecule has 21 heavy (non-hydrogen) atoms. The van der Waals surface area contributed by atoms with Gasteiger partial charge in [0.15, 0.2) is 5.82 Å². The number of likely N-dealkylation sites (N-methyl/N-ethyl adjacent to an activating group) is 1. The molecular weight excluding hydrogens is 264 g/mol. The van der Waals surface area contributed by atoms with Gasteiger partial charge < -0.3 is 14.5 Å². The zero-order chi connectivity index (χ0) is 14.7. The van der Waals surface area contributed by atoms with Crippen LogP contribution in [0.4, 0.5) is 5.82 Å². The lowest BCUT2D eigenvalue weighted by Gasteiger charge is -2.33. The van der Waals surface area contributed by atoms with Crippen LogP contribution in [-0.4, -0.2) is 54.7 Å². The molecule has 0 bridgehead atoms. The van der Waals surface area contributed by atoms with E-state index in [2.05, 4.69) is 28.8 Å². The van der Waals surface area contributed by atoms with Gasteiger partial charge in [-0.25, -0.2) is 9.97 Å². The largest absolute Gasteiger partial charge is 0.475 e. The second-order valence-corrected chi connectivity index (χ2v) is 5.48. The van der Waals surface area contributed by atoms with Crippen molar-refractivity contribution in [2.24, 2.45) is 0 Å². The van der Waals surface area contributed by atoms with Gasteiger partial charge in [-0.3, -0.25) is 0 Å². The maximum absolute atomic E-state index is 5.85. The van der Waals surface area contributed by atoms with Gasteiger partial charge in [0.25, 0.3) is 5.88 Å². The number of rotatable bonds is 4. The molecule has 5 nitrogen and oxygen atoms in total. The molecule has 1 fully saturated rings. The Kier molecular flexibility index (Phi) is 4.20. The van der Waals surface area contributed by atoms with Crippen LogP contribution in [0, 0.1) is 0 Å². The van der Waals surface area contributed by atoms with Gasteiger partial charge in [0.2, 0.25) is 0 Å². The van der Waals surface area contributed by atoms with E-state index >= 15 is 0 Å². The zero-order valence-electron chi connectivity index (χ0n) is 12.7. The van der Waals surface area contributed by atoms with Crippen LogP contribution in [0.15, 0.2) is 24.3 Å². The Morgan fingerprint density at radius 1 is 1.05 bits per heavy atom. The third-order valence-corrected chi connectivity index (χ3v) is 3.77. The first kappa shape index (κ1) is 14.1. The Morgan fingerprint density at radius 2 is 1.71 bits per heavy atom. The van der Waals surface area contributed by atoms with Crippen molar-refractivity contribution in [3.63, 3.8) is 0 Å². The summed E-state index contributed by atoms with van der Waals surface area (Å²) in [5.74, 6) is 1.55. The quantitative estimate of drug-likeness (QED) is 0.861. The Hall–Kier alpha value is -1.88. The van der Waals surface area contributed by atoms with E-state index < -0.39 is 0 Å². The van der Waals surface area contributed by atoms with Crippen LogP contribution in [0.5, 0.6) is 5.88 Å². The summed E-state index contributed by atoms with van der Waals surface area (Å²) in [7, 11) is 2.15. The van der Waals surface area contributed by atoms with E-state index in [1.54, 1.807) is 0 Å². The summed E-state index contributed by atoms with van der Waals surface area (Å²) in [6.45, 7) is 6.79. The van der Waals surface area contributed by atoms with E-state index in [1.807, 2.05) is 24.3 Å². The molecule has 112 valence electrons. The highest BCUT2D eigenvalue weighted by atomic mass is 16.5. The Bertz CT molecular complexity index is 608. The lowest BCUT2D eigenvalue weighted by atomic mass is 10.3. The fraction of sp³-hybridized carbons (Fsp3) is 0.500. The van der Waals surface area contributed by atoms with E-state index in [1.165, 1.54) is 0 Å². The van der Waals surface area contributed by atoms with Gasteiger partial charge in [0.05, 0.1) is 17.6 Å². The maximum atomic E-state index is 5.85. The van der Waals surface area contributed by atoms with Gasteiger partial charge in [0, 0.05) is 26.2 Å². The van der Waals surface area contributed by atoms with Crippen LogP contribution in [0.3, 0.4) is 0 Å². The first-order chi connectivity index (χ1) is 10.3. The van der Waals surface area contributed by atoms with Crippen molar-refractivity contribution in [2.75, 3.05) is 44.7 Å². The molecule has 0 spiro atoms. The van der Waals surface area contributed by atoms with E-state index in [0.717, 1.165) is 49.5 Å². The highest BCUT2D eigenvalue weighted by Crippen LogP contribution is 2.27. The SMILES string of the molecule is CCCOc1nc2ccccc2nc1N1CCN(C)CC1. The molecule has 1 aliphatic rings. The highest BCUT2D eigenvalue weighted by molar-refractivity contribution is 5.77. The summed E-state index contributed by atoms with van der Waals surface area (Å²) >= 11 is 0. The van der Waals surface area contributed by atoms with Gasteiger partial charge in [-0.2, -0.15) is 0 Å². The minimum absolute atomic E-state index is 0.667. The van der Waals surface area contributed by atoms with E-state index in [4.69, 9.17) is 9.72 Å². The zero-order valence-corrected chi connectivity index (χ0v) is 12.7. The van der Waals surface area contributed by atoms with Crippen LogP contribution in [0.25, 0.3) is 11.0 Å². The Labute approximate surface area is 125 Å². The Morgan fingerprint density at radius 3 is 2.38 bits per heavy atom. The molecule has 1 aliphatic heterocycles. The molecule has 5 heteroatoms. The summed E-state index contributed by atoms with van der Waals surface area (Å²) in [5, 5.41) is 0. The molecule has 2 heterocycles. The van der Waals surface area contributed by atoms with Gasteiger partial charge in [-0.1, -0.05) is 19.1 Å². The number of ether oxygens (including phenoxy) is 1. The van der Waals surface area contributed by atoms with Crippen molar-refractivity contribution in [1.82, 2.24) is 14.9 Å². The predicted octanol–water partition coefficient (Wildman–Crippen LogP) is 2.17. The number of para-hydroxylation sites is 2. The van der Waals surface area contributed by atoms with E-state index in [0.29, 0.717) is 12.5 Å². The second-order valence-electron chi connectivity index (χ2n) is 5.48. The Balaban J connectivity index is 1.97. The van der Waals surface area contributed by atoms with Crippen molar-refractivity contribution < 1.29 is 4.74 Å². The van der Waals surface area contributed by atoms with Crippen molar-refractivity contribution >= 4 is 16.9 Å². The minimum Gasteiger partial charge on any atom is -0.475 e. The smallest absolute Gasteiger partial charge is 0.258 e. The third-order valence-electron chi connectivity index (χ3n) is 3.77. The maximum Gasteiger partial charge on any atom is 0.258 e. The summed E-state index contributed by atoms with van der Waals surface area (Å²) < 4.78 is 5.85. The monoisotopic (exact) mass is 286 g/mol.